The standard InChI is InChI=1S/C6H6NO3/c1-4(8)5(3-7)6(9)10-2/h1-2H3/q-1. The fourth-order valence-electron chi connectivity index (χ4n) is 0.370. The monoisotopic (exact) mass is 140 g/mol. The third-order valence-corrected chi connectivity index (χ3v) is 0.853. The van der Waals surface area contributed by atoms with Crippen molar-refractivity contribution >= 4 is 17.6 Å². The molecule has 0 heterocycles. The molecule has 0 aromatic carbocycles. The molecule has 0 fully saturated rings. The first-order valence-corrected chi connectivity index (χ1v) is 2.49. The van der Waals surface area contributed by atoms with Gasteiger partial charge >= 0.3 is 5.97 Å². The molecule has 0 aliphatic carbocycles. The van der Waals surface area contributed by atoms with Crippen molar-refractivity contribution in [2.45, 2.75) is 6.92 Å². The van der Waals surface area contributed by atoms with Gasteiger partial charge in [-0.1, -0.05) is 0 Å². The second-order valence-electron chi connectivity index (χ2n) is 1.53. The normalized spacial score (nSPS) is 7.80. The molecule has 0 saturated heterocycles. The molecule has 0 rings (SSSR count). The lowest BCUT2D eigenvalue weighted by Gasteiger charge is -1.97. The van der Waals surface area contributed by atoms with E-state index < -0.39 is 17.3 Å². The van der Waals surface area contributed by atoms with E-state index in [0.29, 0.717) is 0 Å². The van der Waals surface area contributed by atoms with Crippen molar-refractivity contribution in [3.63, 3.8) is 0 Å². The molecule has 0 atom stereocenters. The fourth-order valence-corrected chi connectivity index (χ4v) is 0.370. The molecule has 0 saturated carbocycles. The summed E-state index contributed by atoms with van der Waals surface area (Å²) in [5.41, 5.74) is -0.470. The van der Waals surface area contributed by atoms with Gasteiger partial charge in [-0.05, 0) is 6.92 Å². The molecule has 10 heavy (non-hydrogen) atoms. The SMILES string of the molecule is COC(=O)C(=C=[N-])C(C)=O. The molecular formula is C6H6NO3-. The molecule has 0 amide bonds. The Hall–Kier alpha value is -1.41. The quantitative estimate of drug-likeness (QED) is 0.177. The van der Waals surface area contributed by atoms with Crippen LogP contribution in [-0.4, -0.2) is 24.7 Å². The van der Waals surface area contributed by atoms with Crippen molar-refractivity contribution in [3.05, 3.63) is 11.0 Å². The number of ketones is 1. The van der Waals surface area contributed by atoms with Crippen LogP contribution in [0.5, 0.6) is 0 Å². The molecule has 0 aromatic rings. The number of hydrogen-bond donors (Lipinski definition) is 0. The van der Waals surface area contributed by atoms with Gasteiger partial charge in [0.25, 0.3) is 0 Å². The zero-order valence-electron chi connectivity index (χ0n) is 5.67. The number of ether oxygens (including phenoxy) is 1. The molecule has 0 bridgehead atoms. The van der Waals surface area contributed by atoms with E-state index in [4.69, 9.17) is 5.41 Å². The number of esters is 1. The first kappa shape index (κ1) is 8.59. The highest BCUT2D eigenvalue weighted by Crippen LogP contribution is 1.92. The molecule has 0 radical (unpaired) electrons. The van der Waals surface area contributed by atoms with Gasteiger partial charge in [0.15, 0.2) is 5.78 Å². The number of carbonyl (C=O) groups is 2. The molecule has 0 N–H and O–H groups in total. The molecule has 0 aliphatic heterocycles. The van der Waals surface area contributed by atoms with Crippen molar-refractivity contribution < 1.29 is 14.3 Å². The van der Waals surface area contributed by atoms with Gasteiger partial charge < -0.3 is 10.1 Å². The number of methoxy groups -OCH3 is 1. The lowest BCUT2D eigenvalue weighted by atomic mass is 10.2. The Morgan fingerprint density at radius 3 is 2.10 bits per heavy atom. The largest absolute Gasteiger partial charge is 0.762 e. The molecule has 0 aliphatic rings. The highest BCUT2D eigenvalue weighted by atomic mass is 16.5. The molecule has 4 heteroatoms. The van der Waals surface area contributed by atoms with Gasteiger partial charge in [-0.2, -0.15) is 0 Å². The van der Waals surface area contributed by atoms with Crippen molar-refractivity contribution in [3.8, 4) is 0 Å². The van der Waals surface area contributed by atoms with Crippen LogP contribution in [-0.2, 0) is 14.3 Å². The third-order valence-electron chi connectivity index (χ3n) is 0.853. The van der Waals surface area contributed by atoms with E-state index >= 15 is 0 Å². The molecule has 54 valence electrons. The summed E-state index contributed by atoms with van der Waals surface area (Å²) in [6, 6.07) is 0. The Balaban J connectivity index is 4.56. The average Bonchev–Trinajstić information content (AvgIpc) is 1.88. The van der Waals surface area contributed by atoms with Crippen LogP contribution in [0.4, 0.5) is 0 Å². The molecular weight excluding hydrogens is 134 g/mol. The second kappa shape index (κ2) is 3.58. The van der Waals surface area contributed by atoms with Crippen molar-refractivity contribution in [1.82, 2.24) is 0 Å². The number of Topliss-reactive ketones (excluding diaryl/α,β-unsaturated/α-hetero) is 1. The van der Waals surface area contributed by atoms with Gasteiger partial charge in [0, 0.05) is 0 Å². The van der Waals surface area contributed by atoms with Crippen molar-refractivity contribution in [2.24, 2.45) is 0 Å². The maximum absolute atomic E-state index is 10.5. The van der Waals surface area contributed by atoms with Gasteiger partial charge in [0.2, 0.25) is 0 Å². The maximum atomic E-state index is 10.5. The molecule has 0 aromatic heterocycles. The van der Waals surface area contributed by atoms with Gasteiger partial charge in [-0.25, -0.2) is 4.79 Å². The van der Waals surface area contributed by atoms with E-state index in [9.17, 15) is 9.59 Å². The van der Waals surface area contributed by atoms with Crippen LogP contribution < -0.4 is 0 Å². The topological polar surface area (TPSA) is 65.7 Å². The predicted octanol–water partition coefficient (Wildman–Crippen LogP) is -0.0861. The Morgan fingerprint density at radius 2 is 2.00 bits per heavy atom. The van der Waals surface area contributed by atoms with Crippen LogP contribution in [0.2, 0.25) is 0 Å². The van der Waals surface area contributed by atoms with Crippen LogP contribution in [0.3, 0.4) is 0 Å². The van der Waals surface area contributed by atoms with E-state index in [1.54, 1.807) is 0 Å². The Kier molecular flexibility index (Phi) is 3.08. The minimum absolute atomic E-state index is 0.470. The molecule has 0 spiro atoms. The summed E-state index contributed by atoms with van der Waals surface area (Å²) in [5, 5.41) is 8.19. The highest BCUT2D eigenvalue weighted by Gasteiger charge is 2.10. The van der Waals surface area contributed by atoms with E-state index in [1.165, 1.54) is 5.87 Å². The lowest BCUT2D eigenvalue weighted by molar-refractivity contribution is -0.137. The van der Waals surface area contributed by atoms with E-state index in [1.807, 2.05) is 0 Å². The second-order valence-corrected chi connectivity index (χ2v) is 1.53. The molecule has 0 unspecified atom stereocenters. The Bertz CT molecular complexity index is 213. The number of nitrogens with zero attached hydrogens (tertiary/aromatic N) is 1. The highest BCUT2D eigenvalue weighted by molar-refractivity contribution is 6.23. The van der Waals surface area contributed by atoms with Crippen LogP contribution in [0.15, 0.2) is 5.57 Å². The zero-order valence-corrected chi connectivity index (χ0v) is 5.67. The number of carbonyl (C=O) groups excluding carboxylic acids is 2. The number of rotatable bonds is 2. The van der Waals surface area contributed by atoms with Crippen LogP contribution in [0.25, 0.3) is 5.41 Å². The molecule has 4 nitrogen and oxygen atoms in total. The van der Waals surface area contributed by atoms with Crippen LogP contribution >= 0.6 is 0 Å². The summed E-state index contributed by atoms with van der Waals surface area (Å²) in [4.78, 5) is 20.9. The maximum Gasteiger partial charge on any atom is 0.347 e. The first-order valence-electron chi connectivity index (χ1n) is 2.49. The summed E-state index contributed by atoms with van der Waals surface area (Å²) in [6.07, 6.45) is 0. The smallest absolute Gasteiger partial charge is 0.347 e. The lowest BCUT2D eigenvalue weighted by Crippen LogP contribution is -2.11. The van der Waals surface area contributed by atoms with Crippen molar-refractivity contribution in [1.29, 1.82) is 0 Å². The summed E-state index contributed by atoms with van der Waals surface area (Å²) in [5.74, 6) is -0.00954. The average molecular weight is 140 g/mol. The van der Waals surface area contributed by atoms with Crippen LogP contribution in [0.1, 0.15) is 6.92 Å². The number of hydrogen-bond acceptors (Lipinski definition) is 3. The third kappa shape index (κ3) is 1.84. The van der Waals surface area contributed by atoms with E-state index in [0.717, 1.165) is 14.0 Å². The Morgan fingerprint density at radius 1 is 1.50 bits per heavy atom. The van der Waals surface area contributed by atoms with E-state index in [2.05, 4.69) is 4.74 Å². The Labute approximate surface area is 58.0 Å². The summed E-state index contributed by atoms with van der Waals surface area (Å²) in [7, 11) is 1.11. The zero-order chi connectivity index (χ0) is 8.15. The van der Waals surface area contributed by atoms with Gasteiger partial charge in [0.05, 0.1) is 7.11 Å². The minimum atomic E-state index is -0.880. The predicted molar refractivity (Wildman–Crippen MR) is 34.6 cm³/mol. The van der Waals surface area contributed by atoms with Crippen molar-refractivity contribution in [2.75, 3.05) is 7.11 Å². The summed E-state index contributed by atoms with van der Waals surface area (Å²) < 4.78 is 4.15. The fraction of sp³-hybridized carbons (Fsp3) is 0.333. The van der Waals surface area contributed by atoms with Gasteiger partial charge in [-0.3, -0.25) is 10.7 Å². The van der Waals surface area contributed by atoms with Gasteiger partial charge in [-0.15, -0.1) is 0 Å². The van der Waals surface area contributed by atoms with Gasteiger partial charge in [0.1, 0.15) is 5.57 Å². The minimum Gasteiger partial charge on any atom is -0.762 e. The first-order chi connectivity index (χ1) is 4.63. The van der Waals surface area contributed by atoms with Crippen LogP contribution in [0, 0.1) is 0 Å². The summed E-state index contributed by atoms with van der Waals surface area (Å²) in [6.45, 7) is 1.13. The summed E-state index contributed by atoms with van der Waals surface area (Å²) >= 11 is 0. The van der Waals surface area contributed by atoms with E-state index in [-0.39, 0.29) is 0 Å².